The summed E-state index contributed by atoms with van der Waals surface area (Å²) in [5, 5.41) is 2.94. The largest absolute Gasteiger partial charge is 0.450 e. The number of anilines is 1. The Morgan fingerprint density at radius 1 is 0.912 bits per heavy atom. The summed E-state index contributed by atoms with van der Waals surface area (Å²) < 4.78 is 5.03. The van der Waals surface area contributed by atoms with Gasteiger partial charge in [-0.1, -0.05) is 0 Å². The van der Waals surface area contributed by atoms with Crippen LogP contribution in [0.3, 0.4) is 0 Å². The Morgan fingerprint density at radius 2 is 1.53 bits per heavy atom. The number of benzene rings is 1. The molecule has 1 fully saturated rings. The Morgan fingerprint density at radius 3 is 2.12 bits per heavy atom. The molecule has 0 saturated carbocycles. The van der Waals surface area contributed by atoms with Crippen LogP contribution in [0.1, 0.15) is 6.92 Å². The number of aromatic amines is 2. The number of nitrogens with zero attached hydrogens (tertiary/aromatic N) is 4. The van der Waals surface area contributed by atoms with Crippen LogP contribution in [-0.4, -0.2) is 74.6 Å². The van der Waals surface area contributed by atoms with Crippen LogP contribution in [0.4, 0.5) is 15.3 Å². The van der Waals surface area contributed by atoms with E-state index < -0.39 is 0 Å². The third kappa shape index (κ3) is 4.29. The summed E-state index contributed by atoms with van der Waals surface area (Å²) in [6, 6.07) is 13.0. The van der Waals surface area contributed by atoms with E-state index in [0.29, 0.717) is 44.0 Å². The van der Waals surface area contributed by atoms with E-state index in [4.69, 9.17) is 14.7 Å². The zero-order valence-corrected chi connectivity index (χ0v) is 18.7. The SMILES string of the molecule is CCOC(=O)N1CCN(C(=O)Nc2ccc3nc(-c4ccc[nH]4)c(-c4ccc[nH]4)nc3c2)CC1. The minimum atomic E-state index is -0.341. The Balaban J connectivity index is 1.36. The predicted molar refractivity (Wildman–Crippen MR) is 128 cm³/mol. The second-order valence-electron chi connectivity index (χ2n) is 7.90. The molecule has 5 rings (SSSR count). The van der Waals surface area contributed by atoms with Gasteiger partial charge in [-0.3, -0.25) is 0 Å². The van der Waals surface area contributed by atoms with Crippen LogP contribution in [-0.2, 0) is 4.74 Å². The van der Waals surface area contributed by atoms with E-state index in [0.717, 1.165) is 28.3 Å². The van der Waals surface area contributed by atoms with Gasteiger partial charge in [-0.2, -0.15) is 0 Å². The summed E-state index contributed by atoms with van der Waals surface area (Å²) in [6.45, 7) is 3.87. The monoisotopic (exact) mass is 459 g/mol. The van der Waals surface area contributed by atoms with Crippen LogP contribution in [0.2, 0.25) is 0 Å². The number of aromatic nitrogens is 4. The molecule has 4 aromatic rings. The normalized spacial score (nSPS) is 13.8. The van der Waals surface area contributed by atoms with Gasteiger partial charge < -0.3 is 29.8 Å². The predicted octanol–water partition coefficient (Wildman–Crippen LogP) is 3.93. The number of ether oxygens (including phenoxy) is 1. The molecular weight excluding hydrogens is 434 g/mol. The number of H-pyrrole nitrogens is 2. The number of fused-ring (bicyclic) bond motifs is 1. The standard InChI is InChI=1S/C24H25N7O3/c1-2-34-24(33)31-13-11-30(12-14-31)23(32)27-16-7-8-17-20(15-16)29-22(19-6-4-10-26-19)21(28-17)18-5-3-9-25-18/h3-10,15,25-26H,2,11-14H2,1H3,(H,27,32). The van der Waals surface area contributed by atoms with Crippen LogP contribution < -0.4 is 5.32 Å². The Labute approximate surface area is 196 Å². The topological polar surface area (TPSA) is 119 Å². The van der Waals surface area contributed by atoms with Crippen molar-refractivity contribution in [3.63, 3.8) is 0 Å². The fraction of sp³-hybridized carbons (Fsp3) is 0.250. The Bertz CT molecular complexity index is 1290. The molecular formula is C24H25N7O3. The quantitative estimate of drug-likeness (QED) is 0.427. The van der Waals surface area contributed by atoms with Crippen molar-refractivity contribution >= 4 is 28.8 Å². The second kappa shape index (κ2) is 9.26. The lowest BCUT2D eigenvalue weighted by Gasteiger charge is -2.34. The summed E-state index contributed by atoms with van der Waals surface area (Å²) in [6.07, 6.45) is 3.36. The highest BCUT2D eigenvalue weighted by Gasteiger charge is 2.25. The molecule has 3 N–H and O–H groups in total. The van der Waals surface area contributed by atoms with E-state index in [2.05, 4.69) is 15.3 Å². The first-order valence-electron chi connectivity index (χ1n) is 11.2. The van der Waals surface area contributed by atoms with Crippen molar-refractivity contribution in [2.24, 2.45) is 0 Å². The van der Waals surface area contributed by atoms with Gasteiger partial charge in [0.05, 0.1) is 29.0 Å². The molecule has 174 valence electrons. The average Bonchev–Trinajstić information content (AvgIpc) is 3.58. The molecule has 0 bridgehead atoms. The lowest BCUT2D eigenvalue weighted by atomic mass is 10.1. The van der Waals surface area contributed by atoms with Gasteiger partial charge in [0.2, 0.25) is 0 Å². The zero-order chi connectivity index (χ0) is 23.5. The van der Waals surface area contributed by atoms with Gasteiger partial charge in [-0.15, -0.1) is 0 Å². The van der Waals surface area contributed by atoms with Gasteiger partial charge in [0.15, 0.2) is 0 Å². The second-order valence-corrected chi connectivity index (χ2v) is 7.90. The van der Waals surface area contributed by atoms with Crippen LogP contribution >= 0.6 is 0 Å². The van der Waals surface area contributed by atoms with Gasteiger partial charge >= 0.3 is 12.1 Å². The number of carbonyl (C=O) groups excluding carboxylic acids is 2. The lowest BCUT2D eigenvalue weighted by Crippen LogP contribution is -2.51. The summed E-state index contributed by atoms with van der Waals surface area (Å²) in [5.74, 6) is 0. The van der Waals surface area contributed by atoms with Crippen molar-refractivity contribution in [1.82, 2.24) is 29.7 Å². The van der Waals surface area contributed by atoms with E-state index in [9.17, 15) is 9.59 Å². The number of rotatable bonds is 4. The summed E-state index contributed by atoms with van der Waals surface area (Å²) in [7, 11) is 0. The Hall–Kier alpha value is -4.34. The van der Waals surface area contributed by atoms with E-state index in [1.54, 1.807) is 16.7 Å². The molecule has 0 atom stereocenters. The fourth-order valence-corrected chi connectivity index (χ4v) is 3.97. The highest BCUT2D eigenvalue weighted by Crippen LogP contribution is 2.30. The molecule has 3 amide bonds. The van der Waals surface area contributed by atoms with Crippen LogP contribution in [0.5, 0.6) is 0 Å². The van der Waals surface area contributed by atoms with Crippen molar-refractivity contribution in [2.75, 3.05) is 38.1 Å². The molecule has 0 spiro atoms. The smallest absolute Gasteiger partial charge is 0.409 e. The van der Waals surface area contributed by atoms with Crippen molar-refractivity contribution in [2.45, 2.75) is 6.92 Å². The summed E-state index contributed by atoms with van der Waals surface area (Å²) in [4.78, 5) is 44.1. The van der Waals surface area contributed by atoms with Gasteiger partial charge in [0.1, 0.15) is 11.4 Å². The van der Waals surface area contributed by atoms with Gasteiger partial charge in [-0.25, -0.2) is 19.6 Å². The molecule has 10 nitrogen and oxygen atoms in total. The van der Waals surface area contributed by atoms with E-state index in [-0.39, 0.29) is 12.1 Å². The number of urea groups is 1. The molecule has 0 aliphatic carbocycles. The molecule has 1 aliphatic rings. The highest BCUT2D eigenvalue weighted by molar-refractivity contribution is 5.93. The van der Waals surface area contributed by atoms with Gasteiger partial charge in [-0.05, 0) is 49.4 Å². The maximum atomic E-state index is 12.8. The Kier molecular flexibility index (Phi) is 5.86. The molecule has 1 saturated heterocycles. The molecule has 1 aromatic carbocycles. The molecule has 1 aliphatic heterocycles. The van der Waals surface area contributed by atoms with Crippen LogP contribution in [0.25, 0.3) is 33.8 Å². The molecule has 4 heterocycles. The molecule has 0 unspecified atom stereocenters. The minimum Gasteiger partial charge on any atom is -0.450 e. The van der Waals surface area contributed by atoms with Crippen molar-refractivity contribution in [3.05, 3.63) is 54.9 Å². The maximum absolute atomic E-state index is 12.8. The number of hydrogen-bond donors (Lipinski definition) is 3. The van der Waals surface area contributed by atoms with E-state index in [1.165, 1.54) is 0 Å². The average molecular weight is 460 g/mol. The van der Waals surface area contributed by atoms with E-state index in [1.807, 2.05) is 54.9 Å². The fourth-order valence-electron chi connectivity index (χ4n) is 3.97. The number of amides is 3. The third-order valence-corrected chi connectivity index (χ3v) is 5.71. The van der Waals surface area contributed by atoms with Crippen molar-refractivity contribution in [3.8, 4) is 22.8 Å². The molecule has 0 radical (unpaired) electrons. The summed E-state index contributed by atoms with van der Waals surface area (Å²) in [5.41, 5.74) is 5.22. The minimum absolute atomic E-state index is 0.219. The van der Waals surface area contributed by atoms with Crippen molar-refractivity contribution < 1.29 is 14.3 Å². The van der Waals surface area contributed by atoms with Gasteiger partial charge in [0, 0.05) is 44.3 Å². The lowest BCUT2D eigenvalue weighted by molar-refractivity contribution is 0.0868. The molecule has 10 heteroatoms. The summed E-state index contributed by atoms with van der Waals surface area (Å²) >= 11 is 0. The molecule has 3 aromatic heterocycles. The van der Waals surface area contributed by atoms with Crippen LogP contribution in [0.15, 0.2) is 54.9 Å². The number of nitrogens with one attached hydrogen (secondary N) is 3. The van der Waals surface area contributed by atoms with Crippen LogP contribution in [0, 0.1) is 0 Å². The number of carbonyl (C=O) groups is 2. The van der Waals surface area contributed by atoms with E-state index >= 15 is 0 Å². The van der Waals surface area contributed by atoms with Crippen molar-refractivity contribution in [1.29, 1.82) is 0 Å². The molecule has 34 heavy (non-hydrogen) atoms. The first kappa shape index (κ1) is 21.5. The first-order valence-corrected chi connectivity index (χ1v) is 11.2. The maximum Gasteiger partial charge on any atom is 0.409 e. The first-order chi connectivity index (χ1) is 16.6. The number of piperazine rings is 1. The van der Waals surface area contributed by atoms with Gasteiger partial charge in [0.25, 0.3) is 0 Å². The highest BCUT2D eigenvalue weighted by atomic mass is 16.6. The zero-order valence-electron chi connectivity index (χ0n) is 18.7. The number of hydrogen-bond acceptors (Lipinski definition) is 5. The third-order valence-electron chi connectivity index (χ3n) is 5.71.